The van der Waals surface area contributed by atoms with Crippen molar-refractivity contribution in [1.82, 2.24) is 14.6 Å². The highest BCUT2D eigenvalue weighted by atomic mass is 31.2. The highest BCUT2D eigenvalue weighted by Gasteiger charge is 2.83. The second kappa shape index (κ2) is 9.56. The number of hydrogen-bond donors (Lipinski definition) is 3. The fourth-order valence-electron chi connectivity index (χ4n) is 4.06. The first-order valence-corrected chi connectivity index (χ1v) is 12.8. The van der Waals surface area contributed by atoms with Gasteiger partial charge in [-0.25, -0.2) is 13.8 Å². The molecule has 1 aliphatic heterocycles. The first kappa shape index (κ1) is 26.2. The van der Waals surface area contributed by atoms with Gasteiger partial charge in [0, 0.05) is 18.7 Å². The Balaban J connectivity index is 1.52. The van der Waals surface area contributed by atoms with Gasteiger partial charge in [-0.2, -0.15) is 5.09 Å². The molecule has 36 heavy (non-hydrogen) atoms. The highest BCUT2D eigenvalue weighted by Crippen LogP contribution is 2.65. The van der Waals surface area contributed by atoms with Crippen LogP contribution in [0.25, 0.3) is 0 Å². The van der Waals surface area contributed by atoms with Crippen molar-refractivity contribution >= 4 is 13.7 Å². The van der Waals surface area contributed by atoms with E-state index in [2.05, 4.69) is 5.09 Å². The lowest BCUT2D eigenvalue weighted by Gasteiger charge is -2.26. The van der Waals surface area contributed by atoms with Crippen LogP contribution in [0.5, 0.6) is 5.75 Å². The molecule has 1 unspecified atom stereocenters. The molecule has 1 aromatic carbocycles. The van der Waals surface area contributed by atoms with Crippen LogP contribution in [0, 0.1) is 0 Å². The van der Waals surface area contributed by atoms with Crippen molar-refractivity contribution < 1.29 is 37.4 Å². The van der Waals surface area contributed by atoms with Crippen LogP contribution in [0.1, 0.15) is 27.2 Å². The molecule has 0 radical (unpaired) electrons. The number of nitrogens with zero attached hydrogens (tertiary/aromatic N) is 1. The molecule has 0 bridgehead atoms. The molecule has 6 atom stereocenters. The Kier molecular flexibility index (Phi) is 6.97. The predicted octanol–water partition coefficient (Wildman–Crippen LogP) is 1.19. The van der Waals surface area contributed by atoms with E-state index in [1.807, 2.05) is 4.98 Å². The molecule has 1 saturated carbocycles. The van der Waals surface area contributed by atoms with Crippen LogP contribution >= 0.6 is 7.75 Å². The lowest BCUT2D eigenvalue weighted by molar-refractivity contribution is -0.149. The van der Waals surface area contributed by atoms with Gasteiger partial charge in [-0.15, -0.1) is 0 Å². The number of esters is 1. The maximum absolute atomic E-state index is 15.5. The topological polar surface area (TPSA) is 158 Å². The van der Waals surface area contributed by atoms with E-state index < -0.39 is 67.3 Å². The van der Waals surface area contributed by atoms with Crippen molar-refractivity contribution in [3.8, 4) is 5.75 Å². The normalized spacial score (nSPS) is 29.3. The molecule has 4 rings (SSSR count). The number of H-pyrrole nitrogens is 1. The Morgan fingerprint density at radius 2 is 2.00 bits per heavy atom. The standard InChI is InChI=1S/C22H27FN3O9P/c1-13(2)33-19(29)14(3)25-36(31,35-15-7-5-4-6-8-15)32-11-16-18(28)21(23)12-22(21,34-16)26-10-9-17(27)24-20(26)30/h4-10,13-14,16,18,28H,11-12H2,1-3H3,(H,25,31)(H,24,27,30)/t14-,16?,18+,21+,22+,36-/m0/s1. The van der Waals surface area contributed by atoms with Gasteiger partial charge >= 0.3 is 19.4 Å². The first-order chi connectivity index (χ1) is 16.9. The maximum Gasteiger partial charge on any atom is 0.459 e. The fraction of sp³-hybridized carbons (Fsp3) is 0.500. The molecule has 1 aliphatic carbocycles. The Morgan fingerprint density at radius 3 is 2.64 bits per heavy atom. The number of aromatic nitrogens is 2. The summed E-state index contributed by atoms with van der Waals surface area (Å²) in [4.78, 5) is 37.9. The second-order valence-corrected chi connectivity index (χ2v) is 10.6. The minimum absolute atomic E-state index is 0.159. The van der Waals surface area contributed by atoms with Gasteiger partial charge in [0.1, 0.15) is 24.0 Å². The van der Waals surface area contributed by atoms with Crippen molar-refractivity contribution in [1.29, 1.82) is 0 Å². The molecule has 1 saturated heterocycles. The van der Waals surface area contributed by atoms with Crippen LogP contribution < -0.4 is 20.9 Å². The molecule has 0 spiro atoms. The summed E-state index contributed by atoms with van der Waals surface area (Å²) < 4.78 is 51.7. The number of aliphatic hydroxyl groups is 1. The summed E-state index contributed by atoms with van der Waals surface area (Å²) in [6.45, 7) is 4.10. The summed E-state index contributed by atoms with van der Waals surface area (Å²) in [5.74, 6) is -0.547. The van der Waals surface area contributed by atoms with Crippen LogP contribution in [0.2, 0.25) is 0 Å². The molecule has 2 fully saturated rings. The zero-order chi connectivity index (χ0) is 26.3. The highest BCUT2D eigenvalue weighted by molar-refractivity contribution is 7.52. The molecule has 196 valence electrons. The second-order valence-electron chi connectivity index (χ2n) is 8.94. The van der Waals surface area contributed by atoms with E-state index >= 15 is 4.39 Å². The van der Waals surface area contributed by atoms with Gasteiger partial charge in [0.2, 0.25) is 0 Å². The van der Waals surface area contributed by atoms with Crippen LogP contribution in [-0.2, 0) is 29.1 Å². The molecule has 0 amide bonds. The van der Waals surface area contributed by atoms with E-state index in [9.17, 15) is 24.1 Å². The number of benzene rings is 1. The molecule has 2 aliphatic rings. The minimum atomic E-state index is -4.29. The van der Waals surface area contributed by atoms with Gasteiger partial charge < -0.3 is 19.1 Å². The fourth-order valence-corrected chi connectivity index (χ4v) is 5.57. The van der Waals surface area contributed by atoms with Gasteiger partial charge in [0.25, 0.3) is 5.56 Å². The molecular weight excluding hydrogens is 500 g/mol. The number of hydrogen-bond acceptors (Lipinski definition) is 9. The Morgan fingerprint density at radius 1 is 1.31 bits per heavy atom. The maximum atomic E-state index is 15.5. The number of aromatic amines is 1. The lowest BCUT2D eigenvalue weighted by atomic mass is 10.1. The van der Waals surface area contributed by atoms with E-state index in [1.54, 1.807) is 32.0 Å². The Hall–Kier alpha value is -2.83. The number of nitrogens with one attached hydrogen (secondary N) is 2. The number of carbonyl (C=O) groups is 1. The largest absolute Gasteiger partial charge is 0.462 e. The van der Waals surface area contributed by atoms with E-state index in [1.165, 1.54) is 19.1 Å². The Bertz CT molecular complexity index is 1290. The quantitative estimate of drug-likeness (QED) is 0.303. The monoisotopic (exact) mass is 527 g/mol. The van der Waals surface area contributed by atoms with Crippen molar-refractivity contribution in [3.63, 3.8) is 0 Å². The molecule has 2 heterocycles. The van der Waals surface area contributed by atoms with Gasteiger partial charge in [0.15, 0.2) is 11.4 Å². The van der Waals surface area contributed by atoms with Crippen LogP contribution in [0.15, 0.2) is 52.2 Å². The van der Waals surface area contributed by atoms with E-state index in [0.29, 0.717) is 0 Å². The molecular formula is C22H27FN3O9P. The zero-order valence-corrected chi connectivity index (χ0v) is 20.6. The number of carbonyl (C=O) groups excluding carboxylic acids is 1. The van der Waals surface area contributed by atoms with Gasteiger partial charge in [0.05, 0.1) is 12.7 Å². The third-order valence-electron chi connectivity index (χ3n) is 5.84. The molecule has 12 nitrogen and oxygen atoms in total. The summed E-state index contributed by atoms with van der Waals surface area (Å²) in [6.07, 6.45) is -2.78. The molecule has 3 N–H and O–H groups in total. The minimum Gasteiger partial charge on any atom is -0.462 e. The van der Waals surface area contributed by atoms with Crippen molar-refractivity contribution in [2.24, 2.45) is 0 Å². The number of rotatable bonds is 10. The third kappa shape index (κ3) is 4.89. The van der Waals surface area contributed by atoms with Crippen molar-refractivity contribution in [2.75, 3.05) is 6.61 Å². The molecule has 2 aromatic rings. The summed E-state index contributed by atoms with van der Waals surface area (Å²) >= 11 is 0. The SMILES string of the molecule is CC(C)OC(=O)[C@H](C)N[P@](=O)(OCC1O[C@]2(n3ccc(=O)[nH]c3=O)C[C@@]2(F)[C@@H]1O)Oc1ccccc1. The predicted molar refractivity (Wildman–Crippen MR) is 123 cm³/mol. The average molecular weight is 527 g/mol. The average Bonchev–Trinajstić information content (AvgIpc) is 3.35. The van der Waals surface area contributed by atoms with E-state index in [4.69, 9.17) is 18.5 Å². The molecule has 1 aromatic heterocycles. The lowest BCUT2D eigenvalue weighted by Crippen LogP contribution is -2.39. The number of para-hydroxylation sites is 1. The number of aliphatic hydroxyl groups excluding tert-OH is 1. The first-order valence-electron chi connectivity index (χ1n) is 11.2. The number of halogens is 1. The summed E-state index contributed by atoms with van der Waals surface area (Å²) in [5, 5.41) is 13.1. The zero-order valence-electron chi connectivity index (χ0n) is 19.8. The molecule has 14 heteroatoms. The van der Waals surface area contributed by atoms with Crippen LogP contribution in [0.4, 0.5) is 4.39 Å². The van der Waals surface area contributed by atoms with Gasteiger partial charge in [-0.1, -0.05) is 18.2 Å². The number of alkyl halides is 1. The summed E-state index contributed by atoms with van der Waals surface area (Å²) in [7, 11) is -4.29. The van der Waals surface area contributed by atoms with E-state index in [-0.39, 0.29) is 12.2 Å². The van der Waals surface area contributed by atoms with Crippen molar-refractivity contribution in [3.05, 3.63) is 63.4 Å². The van der Waals surface area contributed by atoms with E-state index in [0.717, 1.165) is 16.8 Å². The third-order valence-corrected chi connectivity index (χ3v) is 7.48. The van der Waals surface area contributed by atoms with Gasteiger partial charge in [-0.05, 0) is 32.9 Å². The smallest absolute Gasteiger partial charge is 0.459 e. The van der Waals surface area contributed by atoms with Crippen LogP contribution in [0.3, 0.4) is 0 Å². The number of fused-ring (bicyclic) bond motifs is 1. The van der Waals surface area contributed by atoms with Crippen LogP contribution in [-0.4, -0.2) is 57.3 Å². The summed E-state index contributed by atoms with van der Waals surface area (Å²) in [6, 6.07) is 7.92. The Labute approximate surface area is 204 Å². The summed E-state index contributed by atoms with van der Waals surface area (Å²) in [5.41, 5.74) is -5.78. The number of ether oxygens (including phenoxy) is 2. The van der Waals surface area contributed by atoms with Crippen molar-refractivity contribution in [2.45, 2.75) is 62.9 Å². The van der Waals surface area contributed by atoms with Gasteiger partial charge in [-0.3, -0.25) is 23.7 Å².